The molecule has 18 heavy (non-hydrogen) atoms. The van der Waals surface area contributed by atoms with E-state index < -0.39 is 0 Å². The van der Waals surface area contributed by atoms with Gasteiger partial charge in [-0.2, -0.15) is 4.98 Å². The molecule has 0 spiro atoms. The number of hydrogen-bond acceptors (Lipinski definition) is 5. The van der Waals surface area contributed by atoms with Gasteiger partial charge in [0.05, 0.1) is 6.20 Å². The monoisotopic (exact) mass is 239 g/mol. The first kappa shape index (κ1) is 10.4. The third-order valence-electron chi connectivity index (χ3n) is 2.40. The zero-order chi connectivity index (χ0) is 12.4. The average Bonchev–Trinajstić information content (AvgIpc) is 2.82. The summed E-state index contributed by atoms with van der Waals surface area (Å²) >= 11 is 0. The number of nitrogens with zero attached hydrogens (tertiary/aromatic N) is 3. The van der Waals surface area contributed by atoms with Crippen molar-refractivity contribution >= 4 is 29.1 Å². The molecule has 0 aliphatic rings. The van der Waals surface area contributed by atoms with E-state index in [1.165, 1.54) is 0 Å². The van der Waals surface area contributed by atoms with Crippen LogP contribution in [0.25, 0.3) is 11.2 Å². The number of H-pyrrole nitrogens is 1. The standard InChI is InChI=1S/C12H9N5O/c18-7-10-15-9-6-13-12(17-11(9)16-10)14-8-4-2-1-3-5-8/h1-7H,(H2,13,14,15,16,17). The van der Waals surface area contributed by atoms with Crippen LogP contribution in [0.1, 0.15) is 10.6 Å². The van der Waals surface area contributed by atoms with Gasteiger partial charge >= 0.3 is 0 Å². The van der Waals surface area contributed by atoms with Gasteiger partial charge in [-0.3, -0.25) is 4.79 Å². The summed E-state index contributed by atoms with van der Waals surface area (Å²) < 4.78 is 0. The van der Waals surface area contributed by atoms with E-state index in [0.717, 1.165) is 5.69 Å². The fraction of sp³-hybridized carbons (Fsp3) is 0. The molecule has 2 heterocycles. The summed E-state index contributed by atoms with van der Waals surface area (Å²) in [5.41, 5.74) is 1.99. The minimum absolute atomic E-state index is 0.246. The van der Waals surface area contributed by atoms with E-state index in [1.54, 1.807) is 6.20 Å². The van der Waals surface area contributed by atoms with Gasteiger partial charge in [-0.25, -0.2) is 9.97 Å². The minimum atomic E-state index is 0.246. The van der Waals surface area contributed by atoms with Gasteiger partial charge < -0.3 is 10.3 Å². The van der Waals surface area contributed by atoms with Crippen molar-refractivity contribution in [3.05, 3.63) is 42.4 Å². The lowest BCUT2D eigenvalue weighted by molar-refractivity contribution is 0.111. The molecular formula is C12H9N5O. The average molecular weight is 239 g/mol. The van der Waals surface area contributed by atoms with Crippen molar-refractivity contribution in [2.45, 2.75) is 0 Å². The van der Waals surface area contributed by atoms with Crippen molar-refractivity contribution in [3.63, 3.8) is 0 Å². The second kappa shape index (κ2) is 4.25. The summed E-state index contributed by atoms with van der Waals surface area (Å²) in [6.45, 7) is 0. The highest BCUT2D eigenvalue weighted by Crippen LogP contribution is 2.14. The molecule has 0 radical (unpaired) electrons. The van der Waals surface area contributed by atoms with Crippen LogP contribution in [0, 0.1) is 0 Å². The summed E-state index contributed by atoms with van der Waals surface area (Å²) in [6, 6.07) is 9.59. The molecule has 0 saturated carbocycles. The van der Waals surface area contributed by atoms with Gasteiger partial charge in [0.15, 0.2) is 17.8 Å². The highest BCUT2D eigenvalue weighted by Gasteiger charge is 2.05. The Morgan fingerprint density at radius 2 is 2.00 bits per heavy atom. The van der Waals surface area contributed by atoms with Gasteiger partial charge in [0.25, 0.3) is 0 Å². The lowest BCUT2D eigenvalue weighted by atomic mass is 10.3. The lowest BCUT2D eigenvalue weighted by Gasteiger charge is -2.02. The van der Waals surface area contributed by atoms with Gasteiger partial charge in [-0.05, 0) is 12.1 Å². The molecule has 0 unspecified atom stereocenters. The maximum absolute atomic E-state index is 10.6. The first-order chi connectivity index (χ1) is 8.85. The van der Waals surface area contributed by atoms with Crippen LogP contribution in [0.15, 0.2) is 36.5 Å². The number of benzene rings is 1. The van der Waals surface area contributed by atoms with E-state index >= 15 is 0 Å². The van der Waals surface area contributed by atoms with Crippen molar-refractivity contribution < 1.29 is 4.79 Å². The molecule has 3 aromatic rings. The Kier molecular flexibility index (Phi) is 2.45. The Balaban J connectivity index is 1.95. The number of aldehydes is 1. The van der Waals surface area contributed by atoms with Crippen LogP contribution in [-0.4, -0.2) is 26.2 Å². The summed E-state index contributed by atoms with van der Waals surface area (Å²) in [5.74, 6) is 0.689. The molecule has 0 atom stereocenters. The zero-order valence-electron chi connectivity index (χ0n) is 9.29. The molecule has 1 aromatic carbocycles. The quantitative estimate of drug-likeness (QED) is 0.682. The molecule has 3 rings (SSSR count). The number of aromatic nitrogens is 4. The van der Waals surface area contributed by atoms with Gasteiger partial charge in [0, 0.05) is 5.69 Å². The lowest BCUT2D eigenvalue weighted by Crippen LogP contribution is -1.96. The zero-order valence-corrected chi connectivity index (χ0v) is 9.29. The van der Waals surface area contributed by atoms with E-state index in [9.17, 15) is 4.79 Å². The second-order valence-corrected chi connectivity index (χ2v) is 3.66. The molecule has 0 saturated heterocycles. The van der Waals surface area contributed by atoms with Gasteiger partial charge in [-0.15, -0.1) is 0 Å². The smallest absolute Gasteiger partial charge is 0.229 e. The minimum Gasteiger partial charge on any atom is -0.333 e. The number of imidazole rings is 1. The molecule has 2 aromatic heterocycles. The van der Waals surface area contributed by atoms with Crippen LogP contribution in [-0.2, 0) is 0 Å². The SMILES string of the molecule is O=Cc1nc2nc(Nc3ccccc3)ncc2[nH]1. The maximum atomic E-state index is 10.6. The summed E-state index contributed by atoms with van der Waals surface area (Å²) in [4.78, 5) is 25.8. The van der Waals surface area contributed by atoms with E-state index in [4.69, 9.17) is 0 Å². The van der Waals surface area contributed by atoms with E-state index in [2.05, 4.69) is 25.3 Å². The molecule has 0 aliphatic carbocycles. The number of rotatable bonds is 3. The van der Waals surface area contributed by atoms with Crippen LogP contribution < -0.4 is 5.32 Å². The van der Waals surface area contributed by atoms with Crippen molar-refractivity contribution in [1.29, 1.82) is 0 Å². The maximum Gasteiger partial charge on any atom is 0.229 e. The molecule has 6 heteroatoms. The van der Waals surface area contributed by atoms with Gasteiger partial charge in [0.2, 0.25) is 5.95 Å². The molecule has 0 aliphatic heterocycles. The predicted molar refractivity (Wildman–Crippen MR) is 66.8 cm³/mol. The Hall–Kier alpha value is -2.76. The molecule has 0 fully saturated rings. The summed E-state index contributed by atoms with van der Waals surface area (Å²) in [6.07, 6.45) is 2.24. The van der Waals surface area contributed by atoms with Crippen LogP contribution >= 0.6 is 0 Å². The fourth-order valence-electron chi connectivity index (χ4n) is 1.59. The van der Waals surface area contributed by atoms with Crippen molar-refractivity contribution in [3.8, 4) is 0 Å². The fourth-order valence-corrected chi connectivity index (χ4v) is 1.59. The highest BCUT2D eigenvalue weighted by atomic mass is 16.1. The number of nitrogens with one attached hydrogen (secondary N) is 2. The molecule has 88 valence electrons. The summed E-state index contributed by atoms with van der Waals surface area (Å²) in [7, 11) is 0. The summed E-state index contributed by atoms with van der Waals surface area (Å²) in [5, 5.41) is 3.06. The molecule has 2 N–H and O–H groups in total. The largest absolute Gasteiger partial charge is 0.333 e. The van der Waals surface area contributed by atoms with E-state index in [1.807, 2.05) is 30.3 Å². The number of hydrogen-bond donors (Lipinski definition) is 2. The van der Waals surface area contributed by atoms with E-state index in [0.29, 0.717) is 23.4 Å². The normalized spacial score (nSPS) is 10.4. The molecule has 0 bridgehead atoms. The number of fused-ring (bicyclic) bond motifs is 1. The number of carbonyl (C=O) groups excluding carboxylic acids is 1. The van der Waals surface area contributed by atoms with Crippen molar-refractivity contribution in [1.82, 2.24) is 19.9 Å². The van der Waals surface area contributed by atoms with Crippen molar-refractivity contribution in [2.75, 3.05) is 5.32 Å². The Labute approximate surface area is 102 Å². The Morgan fingerprint density at radius 1 is 1.17 bits per heavy atom. The predicted octanol–water partition coefficient (Wildman–Crippen LogP) is 1.91. The Bertz CT molecular complexity index is 692. The van der Waals surface area contributed by atoms with Crippen LogP contribution in [0.3, 0.4) is 0 Å². The third-order valence-corrected chi connectivity index (χ3v) is 2.40. The van der Waals surface area contributed by atoms with Gasteiger partial charge in [0.1, 0.15) is 5.52 Å². The van der Waals surface area contributed by atoms with Crippen LogP contribution in [0.4, 0.5) is 11.6 Å². The highest BCUT2D eigenvalue weighted by molar-refractivity contribution is 5.79. The van der Waals surface area contributed by atoms with Crippen molar-refractivity contribution in [2.24, 2.45) is 0 Å². The number of aromatic amines is 1. The van der Waals surface area contributed by atoms with Crippen LogP contribution in [0.5, 0.6) is 0 Å². The molecule has 6 nitrogen and oxygen atoms in total. The third kappa shape index (κ3) is 1.91. The first-order valence-corrected chi connectivity index (χ1v) is 5.35. The number of para-hydroxylation sites is 1. The molecule has 0 amide bonds. The van der Waals surface area contributed by atoms with Gasteiger partial charge in [-0.1, -0.05) is 18.2 Å². The molecular weight excluding hydrogens is 230 g/mol. The first-order valence-electron chi connectivity index (χ1n) is 5.35. The number of anilines is 2. The number of carbonyl (C=O) groups is 1. The van der Waals surface area contributed by atoms with E-state index in [-0.39, 0.29) is 5.82 Å². The Morgan fingerprint density at radius 3 is 2.78 bits per heavy atom. The second-order valence-electron chi connectivity index (χ2n) is 3.66. The van der Waals surface area contributed by atoms with Crippen LogP contribution in [0.2, 0.25) is 0 Å². The topological polar surface area (TPSA) is 83.6 Å².